The van der Waals surface area contributed by atoms with Gasteiger partial charge in [-0.3, -0.25) is 4.90 Å². The number of methoxy groups -OCH3 is 1. The van der Waals surface area contributed by atoms with Crippen molar-refractivity contribution in [3.05, 3.63) is 0 Å². The minimum Gasteiger partial charge on any atom is -0.467 e. The SMILES string of the molecule is CCC(C#N)N1CCOC(C(=O)OC)C1. The number of esters is 1. The number of morpholine rings is 1. The third-order valence-corrected chi connectivity index (χ3v) is 2.54. The first-order valence-corrected chi connectivity index (χ1v) is 5.06. The Labute approximate surface area is 89.6 Å². The predicted octanol–water partition coefficient (Wildman–Crippen LogP) is 0.162. The molecular weight excluding hydrogens is 196 g/mol. The number of rotatable bonds is 3. The van der Waals surface area contributed by atoms with Gasteiger partial charge in [0.1, 0.15) is 0 Å². The Balaban J connectivity index is 2.56. The number of nitriles is 1. The molecular formula is C10H16N2O3. The number of nitrogens with zero attached hydrogens (tertiary/aromatic N) is 2. The fraction of sp³-hybridized carbons (Fsp3) is 0.800. The van der Waals surface area contributed by atoms with Crippen LogP contribution < -0.4 is 0 Å². The highest BCUT2D eigenvalue weighted by Gasteiger charge is 2.30. The Morgan fingerprint density at radius 1 is 1.80 bits per heavy atom. The maximum atomic E-state index is 11.3. The standard InChI is InChI=1S/C10H16N2O3/c1-3-8(6-11)12-4-5-15-9(7-12)10(13)14-2/h8-9H,3-5,7H2,1-2H3. The molecule has 0 aromatic heterocycles. The van der Waals surface area contributed by atoms with Gasteiger partial charge in [0.2, 0.25) is 0 Å². The van der Waals surface area contributed by atoms with Crippen LogP contribution in [0.25, 0.3) is 0 Å². The van der Waals surface area contributed by atoms with E-state index in [1.807, 2.05) is 11.8 Å². The van der Waals surface area contributed by atoms with Crippen molar-refractivity contribution in [2.75, 3.05) is 26.8 Å². The van der Waals surface area contributed by atoms with E-state index in [-0.39, 0.29) is 12.0 Å². The molecule has 0 aromatic carbocycles. The lowest BCUT2D eigenvalue weighted by atomic mass is 10.1. The lowest BCUT2D eigenvalue weighted by Gasteiger charge is -2.33. The summed E-state index contributed by atoms with van der Waals surface area (Å²) in [6.45, 7) is 3.56. The molecule has 0 spiro atoms. The molecule has 5 heteroatoms. The average molecular weight is 212 g/mol. The van der Waals surface area contributed by atoms with Gasteiger partial charge in [-0.1, -0.05) is 6.92 Å². The molecule has 0 aromatic rings. The Bertz CT molecular complexity index is 262. The van der Waals surface area contributed by atoms with Crippen LogP contribution in [0.4, 0.5) is 0 Å². The van der Waals surface area contributed by atoms with Crippen molar-refractivity contribution in [2.45, 2.75) is 25.5 Å². The third-order valence-electron chi connectivity index (χ3n) is 2.54. The molecule has 0 radical (unpaired) electrons. The first-order chi connectivity index (χ1) is 7.22. The van der Waals surface area contributed by atoms with Gasteiger partial charge in [0.15, 0.2) is 6.10 Å². The molecule has 1 heterocycles. The van der Waals surface area contributed by atoms with Gasteiger partial charge in [-0.05, 0) is 6.42 Å². The van der Waals surface area contributed by atoms with Crippen LogP contribution in [0.2, 0.25) is 0 Å². The van der Waals surface area contributed by atoms with Crippen LogP contribution in [0.5, 0.6) is 0 Å². The zero-order valence-corrected chi connectivity index (χ0v) is 9.10. The molecule has 0 amide bonds. The van der Waals surface area contributed by atoms with Gasteiger partial charge < -0.3 is 9.47 Å². The Morgan fingerprint density at radius 3 is 3.07 bits per heavy atom. The van der Waals surface area contributed by atoms with E-state index >= 15 is 0 Å². The summed E-state index contributed by atoms with van der Waals surface area (Å²) in [6, 6.07) is 2.08. The summed E-state index contributed by atoms with van der Waals surface area (Å²) >= 11 is 0. The molecule has 15 heavy (non-hydrogen) atoms. The summed E-state index contributed by atoms with van der Waals surface area (Å²) < 4.78 is 9.89. The zero-order chi connectivity index (χ0) is 11.3. The second kappa shape index (κ2) is 5.69. The van der Waals surface area contributed by atoms with Crippen molar-refractivity contribution < 1.29 is 14.3 Å². The van der Waals surface area contributed by atoms with Gasteiger partial charge in [-0.15, -0.1) is 0 Å². The number of hydrogen-bond donors (Lipinski definition) is 0. The normalized spacial score (nSPS) is 24.2. The third kappa shape index (κ3) is 2.91. The summed E-state index contributed by atoms with van der Waals surface area (Å²) in [6.07, 6.45) is 0.204. The second-order valence-electron chi connectivity index (χ2n) is 3.43. The summed E-state index contributed by atoms with van der Waals surface area (Å²) in [5.74, 6) is -0.368. The van der Waals surface area contributed by atoms with Gasteiger partial charge in [-0.25, -0.2) is 4.79 Å². The van der Waals surface area contributed by atoms with Crippen LogP contribution in [0.15, 0.2) is 0 Å². The quantitative estimate of drug-likeness (QED) is 0.624. The molecule has 0 bridgehead atoms. The van der Waals surface area contributed by atoms with E-state index in [4.69, 9.17) is 10.00 Å². The van der Waals surface area contributed by atoms with Gasteiger partial charge in [-0.2, -0.15) is 5.26 Å². The van der Waals surface area contributed by atoms with E-state index in [0.29, 0.717) is 19.7 Å². The minimum absolute atomic E-state index is 0.138. The monoisotopic (exact) mass is 212 g/mol. The van der Waals surface area contributed by atoms with E-state index < -0.39 is 6.10 Å². The molecule has 1 aliphatic rings. The highest BCUT2D eigenvalue weighted by Crippen LogP contribution is 2.11. The molecule has 84 valence electrons. The van der Waals surface area contributed by atoms with Crippen molar-refractivity contribution in [2.24, 2.45) is 0 Å². The summed E-state index contributed by atoms with van der Waals surface area (Å²) in [5, 5.41) is 8.91. The fourth-order valence-corrected chi connectivity index (χ4v) is 1.66. The smallest absolute Gasteiger partial charge is 0.336 e. The first kappa shape index (κ1) is 12.0. The summed E-state index contributed by atoms with van der Waals surface area (Å²) in [7, 11) is 1.34. The van der Waals surface area contributed by atoms with Crippen molar-refractivity contribution >= 4 is 5.97 Å². The molecule has 0 aliphatic carbocycles. The Hall–Kier alpha value is -1.12. The Kier molecular flexibility index (Phi) is 4.53. The number of carbonyl (C=O) groups is 1. The Morgan fingerprint density at radius 2 is 2.53 bits per heavy atom. The summed E-state index contributed by atoms with van der Waals surface area (Å²) in [5.41, 5.74) is 0. The van der Waals surface area contributed by atoms with Gasteiger partial charge in [0, 0.05) is 13.1 Å². The molecule has 1 fully saturated rings. The predicted molar refractivity (Wildman–Crippen MR) is 53.0 cm³/mol. The molecule has 5 nitrogen and oxygen atoms in total. The van der Waals surface area contributed by atoms with Gasteiger partial charge >= 0.3 is 5.97 Å². The van der Waals surface area contributed by atoms with E-state index in [9.17, 15) is 4.79 Å². The van der Waals surface area contributed by atoms with Crippen LogP contribution in [-0.4, -0.2) is 49.8 Å². The van der Waals surface area contributed by atoms with Crippen LogP contribution in [-0.2, 0) is 14.3 Å². The van der Waals surface area contributed by atoms with E-state index in [0.717, 1.165) is 6.42 Å². The minimum atomic E-state index is -0.550. The van der Waals surface area contributed by atoms with Gasteiger partial charge in [0.05, 0.1) is 25.8 Å². The van der Waals surface area contributed by atoms with Crippen molar-refractivity contribution in [3.63, 3.8) is 0 Å². The molecule has 2 atom stereocenters. The fourth-order valence-electron chi connectivity index (χ4n) is 1.66. The van der Waals surface area contributed by atoms with Crippen LogP contribution in [0.3, 0.4) is 0 Å². The molecule has 0 saturated carbocycles. The average Bonchev–Trinajstić information content (AvgIpc) is 2.30. The number of hydrogen-bond acceptors (Lipinski definition) is 5. The van der Waals surface area contributed by atoms with E-state index in [2.05, 4.69) is 10.8 Å². The summed E-state index contributed by atoms with van der Waals surface area (Å²) in [4.78, 5) is 13.2. The van der Waals surface area contributed by atoms with E-state index in [1.165, 1.54) is 7.11 Å². The number of carbonyl (C=O) groups excluding carboxylic acids is 1. The highest BCUT2D eigenvalue weighted by atomic mass is 16.6. The van der Waals surface area contributed by atoms with Gasteiger partial charge in [0.25, 0.3) is 0 Å². The number of ether oxygens (including phenoxy) is 2. The van der Waals surface area contributed by atoms with Crippen LogP contribution in [0, 0.1) is 11.3 Å². The van der Waals surface area contributed by atoms with E-state index in [1.54, 1.807) is 0 Å². The zero-order valence-electron chi connectivity index (χ0n) is 9.10. The molecule has 1 rings (SSSR count). The van der Waals surface area contributed by atoms with Crippen LogP contribution in [0.1, 0.15) is 13.3 Å². The molecule has 1 saturated heterocycles. The van der Waals surface area contributed by atoms with Crippen molar-refractivity contribution in [1.82, 2.24) is 4.90 Å². The largest absolute Gasteiger partial charge is 0.467 e. The topological polar surface area (TPSA) is 62.6 Å². The second-order valence-corrected chi connectivity index (χ2v) is 3.43. The maximum Gasteiger partial charge on any atom is 0.336 e. The molecule has 1 aliphatic heterocycles. The highest BCUT2D eigenvalue weighted by molar-refractivity contribution is 5.74. The van der Waals surface area contributed by atoms with Crippen molar-refractivity contribution in [3.8, 4) is 6.07 Å². The lowest BCUT2D eigenvalue weighted by Crippen LogP contribution is -2.50. The molecule has 2 unspecified atom stereocenters. The lowest BCUT2D eigenvalue weighted by molar-refractivity contribution is -0.160. The molecule has 0 N–H and O–H groups in total. The maximum absolute atomic E-state index is 11.3. The van der Waals surface area contributed by atoms with Crippen LogP contribution >= 0.6 is 0 Å². The van der Waals surface area contributed by atoms with Crippen molar-refractivity contribution in [1.29, 1.82) is 5.26 Å². The first-order valence-electron chi connectivity index (χ1n) is 5.06.